The first kappa shape index (κ1) is 30.2. The van der Waals surface area contributed by atoms with Crippen LogP contribution in [0.4, 0.5) is 0 Å². The van der Waals surface area contributed by atoms with E-state index < -0.39 is 11.9 Å². The molecule has 0 radical (unpaired) electrons. The van der Waals surface area contributed by atoms with Gasteiger partial charge in [0.1, 0.15) is 6.54 Å². The molecule has 0 atom stereocenters. The predicted molar refractivity (Wildman–Crippen MR) is 143 cm³/mol. The maximum absolute atomic E-state index is 13.0. The number of carbonyl (C=O) groups is 3. The van der Waals surface area contributed by atoms with E-state index in [1.165, 1.54) is 0 Å². The number of aryl methyl sites for hydroxylation is 1. The van der Waals surface area contributed by atoms with Gasteiger partial charge in [0.25, 0.3) is 0 Å². The Morgan fingerprint density at radius 1 is 1.11 bits per heavy atom. The van der Waals surface area contributed by atoms with Gasteiger partial charge in [0.15, 0.2) is 0 Å². The Labute approximate surface area is 228 Å². The normalized spacial score (nSPS) is 10.8. The molecular weight excluding hydrogens is 564 g/mol. The van der Waals surface area contributed by atoms with Crippen LogP contribution in [-0.2, 0) is 33.7 Å². The molecule has 0 spiro atoms. The third kappa shape index (κ3) is 8.24. The highest BCUT2D eigenvalue weighted by Gasteiger charge is 2.26. The van der Waals surface area contributed by atoms with Crippen LogP contribution in [0.2, 0.25) is 0 Å². The minimum atomic E-state index is -1.08. The van der Waals surface area contributed by atoms with E-state index in [2.05, 4.69) is 15.9 Å². The number of aliphatic carboxylic acids is 2. The first-order valence-electron chi connectivity index (χ1n) is 11.5. The molecule has 3 N–H and O–H groups in total. The van der Waals surface area contributed by atoms with Gasteiger partial charge in [0, 0.05) is 38.8 Å². The minimum absolute atomic E-state index is 0.0721. The average molecular weight is 596 g/mol. The van der Waals surface area contributed by atoms with Crippen molar-refractivity contribution in [3.05, 3.63) is 57.7 Å². The van der Waals surface area contributed by atoms with E-state index in [4.69, 9.17) is 14.9 Å². The predicted octanol–water partition coefficient (Wildman–Crippen LogP) is 3.06. The molecule has 0 fully saturated rings. The molecule has 1 heterocycles. The third-order valence-corrected chi connectivity index (χ3v) is 6.91. The molecule has 0 saturated carbocycles. The summed E-state index contributed by atoms with van der Waals surface area (Å²) in [5.41, 5.74) is 2.87. The third-order valence-electron chi connectivity index (χ3n) is 5.30. The Balaban J connectivity index is 0.000000521. The SMILES string of the molecule is CCOC(=O)c1c(CSc2ccccc2)n(C)c2cc(Br)c([O-])c(C[NH+](C)C)c12.O=C(O)CCC(=O)O. The Morgan fingerprint density at radius 3 is 2.22 bits per heavy atom. The summed E-state index contributed by atoms with van der Waals surface area (Å²) in [6.45, 7) is 2.61. The minimum Gasteiger partial charge on any atom is -0.871 e. The van der Waals surface area contributed by atoms with Crippen molar-refractivity contribution in [2.45, 2.75) is 37.0 Å². The van der Waals surface area contributed by atoms with Gasteiger partial charge < -0.3 is 29.5 Å². The summed E-state index contributed by atoms with van der Waals surface area (Å²) in [6.07, 6.45) is -0.593. The Hall–Kier alpha value is -3.02. The quantitative estimate of drug-likeness (QED) is 0.241. The van der Waals surface area contributed by atoms with Crippen molar-refractivity contribution in [1.82, 2.24) is 4.57 Å². The molecule has 1 aromatic heterocycles. The number of hydrogen-bond donors (Lipinski definition) is 3. The van der Waals surface area contributed by atoms with Crippen LogP contribution in [-0.4, -0.2) is 53.4 Å². The van der Waals surface area contributed by atoms with Gasteiger partial charge in [-0.3, -0.25) is 9.59 Å². The smallest absolute Gasteiger partial charge is 0.340 e. The van der Waals surface area contributed by atoms with E-state index in [-0.39, 0.29) is 31.2 Å². The topological polar surface area (TPSA) is 133 Å². The number of aromatic nitrogens is 1. The first-order chi connectivity index (χ1) is 17.5. The van der Waals surface area contributed by atoms with E-state index in [0.717, 1.165) is 21.0 Å². The van der Waals surface area contributed by atoms with Gasteiger partial charge in [-0.1, -0.05) is 39.9 Å². The van der Waals surface area contributed by atoms with Crippen LogP contribution in [0.3, 0.4) is 0 Å². The number of hydrogen-bond acceptors (Lipinski definition) is 6. The van der Waals surface area contributed by atoms with E-state index in [0.29, 0.717) is 33.3 Å². The van der Waals surface area contributed by atoms with Crippen molar-refractivity contribution >= 4 is 56.5 Å². The average Bonchev–Trinajstić information content (AvgIpc) is 3.11. The lowest BCUT2D eigenvalue weighted by Crippen LogP contribution is -3.04. The van der Waals surface area contributed by atoms with Gasteiger partial charge in [-0.2, -0.15) is 0 Å². The number of carbonyl (C=O) groups excluding carboxylic acids is 1. The maximum atomic E-state index is 13.0. The fourth-order valence-corrected chi connectivity index (χ4v) is 5.11. The van der Waals surface area contributed by atoms with E-state index in [1.807, 2.05) is 62.1 Å². The van der Waals surface area contributed by atoms with Crippen LogP contribution in [0.5, 0.6) is 5.75 Å². The second-order valence-corrected chi connectivity index (χ2v) is 10.3. The number of fused-ring (bicyclic) bond motifs is 1. The molecule has 11 heteroatoms. The number of nitrogens with one attached hydrogen (secondary N) is 1. The molecular formula is C26H31BrN2O7S. The van der Waals surface area contributed by atoms with Gasteiger partial charge in [0.05, 0.1) is 44.6 Å². The van der Waals surface area contributed by atoms with Crippen molar-refractivity contribution in [3.63, 3.8) is 0 Å². The molecule has 0 aliphatic carbocycles. The summed E-state index contributed by atoms with van der Waals surface area (Å²) >= 11 is 5.07. The monoisotopic (exact) mass is 594 g/mol. The highest BCUT2D eigenvalue weighted by molar-refractivity contribution is 9.10. The molecule has 0 saturated heterocycles. The number of nitrogens with zero attached hydrogens (tertiary/aromatic N) is 1. The number of quaternary nitrogens is 1. The molecule has 0 bridgehead atoms. The van der Waals surface area contributed by atoms with Crippen LogP contribution in [0.15, 0.2) is 45.8 Å². The molecule has 37 heavy (non-hydrogen) atoms. The van der Waals surface area contributed by atoms with Gasteiger partial charge in [-0.05, 0) is 25.1 Å². The number of benzene rings is 2. The van der Waals surface area contributed by atoms with Crippen molar-refractivity contribution in [2.75, 3.05) is 20.7 Å². The number of carboxylic acid groups (broad SMARTS) is 2. The summed E-state index contributed by atoms with van der Waals surface area (Å²) < 4.78 is 7.91. The van der Waals surface area contributed by atoms with E-state index in [1.54, 1.807) is 18.7 Å². The molecule has 9 nitrogen and oxygen atoms in total. The van der Waals surface area contributed by atoms with Crippen LogP contribution in [0.25, 0.3) is 10.9 Å². The van der Waals surface area contributed by atoms with Crippen LogP contribution in [0.1, 0.15) is 41.4 Å². The van der Waals surface area contributed by atoms with E-state index >= 15 is 0 Å². The summed E-state index contributed by atoms with van der Waals surface area (Å²) in [7, 11) is 5.92. The van der Waals surface area contributed by atoms with Crippen molar-refractivity contribution in [3.8, 4) is 5.75 Å². The zero-order valence-electron chi connectivity index (χ0n) is 21.2. The van der Waals surface area contributed by atoms with Crippen molar-refractivity contribution in [1.29, 1.82) is 0 Å². The fraction of sp³-hybridized carbons (Fsp3) is 0.346. The molecule has 200 valence electrons. The zero-order valence-corrected chi connectivity index (χ0v) is 23.6. The summed E-state index contributed by atoms with van der Waals surface area (Å²) in [5.74, 6) is -2.00. The van der Waals surface area contributed by atoms with Crippen LogP contribution >= 0.6 is 27.7 Å². The lowest BCUT2D eigenvalue weighted by atomic mass is 10.0. The number of thioether (sulfide) groups is 1. The highest BCUT2D eigenvalue weighted by Crippen LogP contribution is 2.39. The van der Waals surface area contributed by atoms with Crippen LogP contribution < -0.4 is 10.0 Å². The fourth-order valence-electron chi connectivity index (χ4n) is 3.67. The Bertz CT molecular complexity index is 1250. The van der Waals surface area contributed by atoms with E-state index in [9.17, 15) is 19.5 Å². The summed E-state index contributed by atoms with van der Waals surface area (Å²) in [6, 6.07) is 11.9. The summed E-state index contributed by atoms with van der Waals surface area (Å²) in [5, 5.41) is 29.4. The number of halogens is 1. The number of carboxylic acids is 2. The lowest BCUT2D eigenvalue weighted by molar-refractivity contribution is -0.872. The summed E-state index contributed by atoms with van der Waals surface area (Å²) in [4.78, 5) is 34.5. The molecule has 2 aromatic carbocycles. The highest BCUT2D eigenvalue weighted by atomic mass is 79.9. The second-order valence-electron chi connectivity index (χ2n) is 8.43. The second kappa shape index (κ2) is 14.1. The largest absolute Gasteiger partial charge is 0.871 e. The molecule has 3 rings (SSSR count). The van der Waals surface area contributed by atoms with Crippen molar-refractivity contribution < 1.29 is 39.3 Å². The zero-order chi connectivity index (χ0) is 27.7. The number of ether oxygens (including phenoxy) is 1. The van der Waals surface area contributed by atoms with Gasteiger partial charge in [-0.25, -0.2) is 4.79 Å². The Morgan fingerprint density at radius 2 is 1.70 bits per heavy atom. The van der Waals surface area contributed by atoms with Crippen molar-refractivity contribution in [2.24, 2.45) is 7.05 Å². The molecule has 0 aliphatic heterocycles. The lowest BCUT2D eigenvalue weighted by Gasteiger charge is -2.19. The molecule has 0 unspecified atom stereocenters. The Kier molecular flexibility index (Phi) is 11.5. The molecule has 3 aromatic rings. The molecule has 0 aliphatic rings. The first-order valence-corrected chi connectivity index (χ1v) is 13.3. The van der Waals surface area contributed by atoms with Gasteiger partial charge in [-0.15, -0.1) is 11.8 Å². The van der Waals surface area contributed by atoms with Gasteiger partial charge in [0.2, 0.25) is 0 Å². The van der Waals surface area contributed by atoms with Crippen LogP contribution in [0, 0.1) is 0 Å². The number of rotatable bonds is 10. The number of esters is 1. The van der Waals surface area contributed by atoms with Gasteiger partial charge >= 0.3 is 17.9 Å². The molecule has 0 amide bonds. The maximum Gasteiger partial charge on any atom is 0.340 e. The standard InChI is InChI=1S/C22H25BrN2O3S.C4H6O4/c1-5-28-22(27)20-18(13-29-14-9-7-6-8-10-14)25(4)17-11-16(23)21(26)15(19(17)20)12-24(2)3;5-3(6)1-2-4(7)8/h6-11,26H,5,12-13H2,1-4H3;1-2H2,(H,5,6)(H,7,8).